The summed E-state index contributed by atoms with van der Waals surface area (Å²) in [4.78, 5) is 4.46. The van der Waals surface area contributed by atoms with Gasteiger partial charge in [0.15, 0.2) is 5.82 Å². The number of anilines is 1. The van der Waals surface area contributed by atoms with Gasteiger partial charge in [0.25, 0.3) is 5.88 Å². The summed E-state index contributed by atoms with van der Waals surface area (Å²) < 4.78 is 49.1. The van der Waals surface area contributed by atoms with Gasteiger partial charge >= 0.3 is 0 Å². The van der Waals surface area contributed by atoms with Crippen LogP contribution < -0.4 is 18.9 Å². The maximum atomic E-state index is 11.9. The lowest BCUT2D eigenvalue weighted by atomic mass is 10.2. The molecular formula is C22H24N6O7S. The van der Waals surface area contributed by atoms with Crippen molar-refractivity contribution in [3.8, 4) is 40.3 Å². The van der Waals surface area contributed by atoms with Crippen LogP contribution in [0.1, 0.15) is 18.4 Å². The predicted molar refractivity (Wildman–Crippen MR) is 128 cm³/mol. The molecule has 13 nitrogen and oxygen atoms in total. The number of nitrogens with one attached hydrogen (secondary N) is 1. The van der Waals surface area contributed by atoms with Crippen molar-refractivity contribution in [2.24, 2.45) is 0 Å². The molecule has 190 valence electrons. The first-order chi connectivity index (χ1) is 17.3. The van der Waals surface area contributed by atoms with Crippen LogP contribution in [-0.4, -0.2) is 65.5 Å². The van der Waals surface area contributed by atoms with E-state index in [1.807, 2.05) is 0 Å². The standard InChI is InChI=1S/C22H24N6O7S/c1-5-36(30,31)27-22-20(29)14(26-35-22)12-17-24-25-21(13-8-6-11-18(23-13)34-4)28(17)19-15(32-2)9-7-10-16(19)33-3/h6-11,27,29H,5,12H2,1-4H3. The highest BCUT2D eigenvalue weighted by Gasteiger charge is 2.26. The second-order valence-corrected chi connectivity index (χ2v) is 9.35. The fraction of sp³-hybridized carbons (Fsp3) is 0.273. The summed E-state index contributed by atoms with van der Waals surface area (Å²) in [5.74, 6) is 0.879. The fourth-order valence-electron chi connectivity index (χ4n) is 3.40. The molecule has 0 atom stereocenters. The SMILES string of the molecule is CCS(=O)(=O)Nc1onc(Cc2nnc(-c3cccc(OC)n3)n2-c2c(OC)cccc2OC)c1O. The van der Waals surface area contributed by atoms with E-state index in [0.717, 1.165) is 0 Å². The molecule has 14 heteroatoms. The smallest absolute Gasteiger partial charge is 0.280 e. The van der Waals surface area contributed by atoms with Crippen LogP contribution in [-0.2, 0) is 16.4 Å². The highest BCUT2D eigenvalue weighted by atomic mass is 32.2. The van der Waals surface area contributed by atoms with Gasteiger partial charge in [-0.2, -0.15) is 0 Å². The minimum atomic E-state index is -3.69. The Balaban J connectivity index is 1.88. The Morgan fingerprint density at radius 3 is 2.36 bits per heavy atom. The van der Waals surface area contributed by atoms with Crippen LogP contribution in [0.15, 0.2) is 40.9 Å². The fourth-order valence-corrected chi connectivity index (χ4v) is 3.96. The summed E-state index contributed by atoms with van der Waals surface area (Å²) in [5, 5.41) is 23.0. The van der Waals surface area contributed by atoms with Crippen LogP contribution in [0.4, 0.5) is 5.88 Å². The number of benzene rings is 1. The number of aromatic hydroxyl groups is 1. The number of sulfonamides is 1. The van der Waals surface area contributed by atoms with Crippen molar-refractivity contribution in [2.75, 3.05) is 31.8 Å². The Morgan fingerprint density at radius 2 is 1.72 bits per heavy atom. The van der Waals surface area contributed by atoms with Gasteiger partial charge in [0.2, 0.25) is 21.7 Å². The van der Waals surface area contributed by atoms with E-state index in [1.165, 1.54) is 28.3 Å². The van der Waals surface area contributed by atoms with E-state index in [1.54, 1.807) is 41.0 Å². The molecular weight excluding hydrogens is 492 g/mol. The highest BCUT2D eigenvalue weighted by molar-refractivity contribution is 7.92. The van der Waals surface area contributed by atoms with Gasteiger partial charge in [0.1, 0.15) is 34.4 Å². The second-order valence-electron chi connectivity index (χ2n) is 7.34. The molecule has 4 rings (SSSR count). The van der Waals surface area contributed by atoms with Gasteiger partial charge in [0.05, 0.1) is 33.5 Å². The lowest BCUT2D eigenvalue weighted by Gasteiger charge is -2.17. The van der Waals surface area contributed by atoms with Gasteiger partial charge < -0.3 is 23.8 Å². The summed E-state index contributed by atoms with van der Waals surface area (Å²) in [5.41, 5.74) is 0.968. The topological polar surface area (TPSA) is 164 Å². The Bertz CT molecular complexity index is 1460. The number of hydrogen-bond acceptors (Lipinski definition) is 11. The molecule has 2 N–H and O–H groups in total. The lowest BCUT2D eigenvalue weighted by molar-refractivity contribution is 0.390. The van der Waals surface area contributed by atoms with Crippen molar-refractivity contribution in [3.63, 3.8) is 0 Å². The molecule has 0 unspecified atom stereocenters. The lowest BCUT2D eigenvalue weighted by Crippen LogP contribution is -2.14. The van der Waals surface area contributed by atoms with Crippen molar-refractivity contribution >= 4 is 15.9 Å². The zero-order valence-electron chi connectivity index (χ0n) is 19.9. The van der Waals surface area contributed by atoms with Crippen LogP contribution in [0.3, 0.4) is 0 Å². The largest absolute Gasteiger partial charge is 0.502 e. The molecule has 0 saturated heterocycles. The first-order valence-corrected chi connectivity index (χ1v) is 12.3. The van der Waals surface area contributed by atoms with Crippen molar-refractivity contribution in [2.45, 2.75) is 13.3 Å². The van der Waals surface area contributed by atoms with Gasteiger partial charge in [-0.05, 0) is 25.1 Å². The average Bonchev–Trinajstić information content (AvgIpc) is 3.46. The normalized spacial score (nSPS) is 11.3. The summed E-state index contributed by atoms with van der Waals surface area (Å²) in [6.45, 7) is 1.45. The van der Waals surface area contributed by atoms with Crippen molar-refractivity contribution in [1.29, 1.82) is 0 Å². The number of para-hydroxylation sites is 1. The molecule has 0 aliphatic rings. The van der Waals surface area contributed by atoms with Crippen LogP contribution >= 0.6 is 0 Å². The molecule has 0 saturated carbocycles. The summed E-state index contributed by atoms with van der Waals surface area (Å²) in [6.07, 6.45) is -0.0820. The van der Waals surface area contributed by atoms with Crippen LogP contribution in [0.5, 0.6) is 23.1 Å². The predicted octanol–water partition coefficient (Wildman–Crippen LogP) is 2.40. The molecule has 0 amide bonds. The van der Waals surface area contributed by atoms with E-state index < -0.39 is 15.8 Å². The van der Waals surface area contributed by atoms with Crippen molar-refractivity contribution < 1.29 is 32.3 Å². The van der Waals surface area contributed by atoms with E-state index in [4.69, 9.17) is 18.7 Å². The molecule has 4 aromatic rings. The van der Waals surface area contributed by atoms with Crippen molar-refractivity contribution in [3.05, 3.63) is 47.9 Å². The van der Waals surface area contributed by atoms with Crippen molar-refractivity contribution in [1.82, 2.24) is 24.9 Å². The second kappa shape index (κ2) is 10.1. The van der Waals surface area contributed by atoms with Gasteiger partial charge in [-0.15, -0.1) is 10.2 Å². The van der Waals surface area contributed by atoms with Gasteiger partial charge in [0, 0.05) is 6.07 Å². The minimum absolute atomic E-state index is 0.0384. The number of rotatable bonds is 10. The van der Waals surface area contributed by atoms with E-state index in [-0.39, 0.29) is 23.8 Å². The highest BCUT2D eigenvalue weighted by Crippen LogP contribution is 2.37. The zero-order chi connectivity index (χ0) is 25.9. The van der Waals surface area contributed by atoms with E-state index in [9.17, 15) is 13.5 Å². The number of methoxy groups -OCH3 is 3. The first-order valence-electron chi connectivity index (χ1n) is 10.7. The Morgan fingerprint density at radius 1 is 1.03 bits per heavy atom. The third kappa shape index (κ3) is 4.75. The zero-order valence-corrected chi connectivity index (χ0v) is 20.7. The Labute approximate surface area is 206 Å². The monoisotopic (exact) mass is 516 g/mol. The minimum Gasteiger partial charge on any atom is -0.502 e. The van der Waals surface area contributed by atoms with Crippen LogP contribution in [0, 0.1) is 0 Å². The maximum absolute atomic E-state index is 11.9. The Hall–Kier alpha value is -4.33. The summed E-state index contributed by atoms with van der Waals surface area (Å²) in [7, 11) is 0.841. The van der Waals surface area contributed by atoms with Gasteiger partial charge in [-0.3, -0.25) is 4.57 Å². The summed E-state index contributed by atoms with van der Waals surface area (Å²) >= 11 is 0. The molecule has 0 spiro atoms. The first kappa shape index (κ1) is 24.8. The number of hydrogen-bond donors (Lipinski definition) is 2. The summed E-state index contributed by atoms with van der Waals surface area (Å²) in [6, 6.07) is 10.4. The molecule has 3 heterocycles. The molecule has 0 aliphatic heterocycles. The molecule has 36 heavy (non-hydrogen) atoms. The average molecular weight is 517 g/mol. The van der Waals surface area contributed by atoms with Crippen LogP contribution in [0.2, 0.25) is 0 Å². The molecule has 0 bridgehead atoms. The number of nitrogens with zero attached hydrogens (tertiary/aromatic N) is 5. The third-order valence-corrected chi connectivity index (χ3v) is 6.46. The third-order valence-electron chi connectivity index (χ3n) is 5.21. The quantitative estimate of drug-likeness (QED) is 0.318. The molecule has 0 aliphatic carbocycles. The molecule has 0 radical (unpaired) electrons. The maximum Gasteiger partial charge on any atom is 0.280 e. The molecule has 1 aromatic carbocycles. The van der Waals surface area contributed by atoms with Gasteiger partial charge in [-0.1, -0.05) is 17.3 Å². The van der Waals surface area contributed by atoms with E-state index in [0.29, 0.717) is 40.4 Å². The van der Waals surface area contributed by atoms with Crippen LogP contribution in [0.25, 0.3) is 17.2 Å². The van der Waals surface area contributed by atoms with E-state index in [2.05, 4.69) is 25.1 Å². The molecule has 0 fully saturated rings. The Kier molecular flexibility index (Phi) is 6.96. The van der Waals surface area contributed by atoms with E-state index >= 15 is 0 Å². The van der Waals surface area contributed by atoms with Gasteiger partial charge in [-0.25, -0.2) is 18.1 Å². The number of pyridine rings is 1. The number of aromatic nitrogens is 5. The number of ether oxygens (including phenoxy) is 3. The molecule has 3 aromatic heterocycles.